The number of amides is 1. The number of nitrogens with zero attached hydrogens (tertiary/aromatic N) is 6. The number of aryl methyl sites for hydroxylation is 1. The zero-order chi connectivity index (χ0) is 17.2. The Labute approximate surface area is 144 Å². The molecule has 1 amide bonds. The van der Waals surface area contributed by atoms with Gasteiger partial charge in [0, 0.05) is 37.8 Å². The fourth-order valence-electron chi connectivity index (χ4n) is 2.95. The van der Waals surface area contributed by atoms with Crippen molar-refractivity contribution in [2.75, 3.05) is 19.7 Å². The molecule has 0 aromatic carbocycles. The maximum Gasteiger partial charge on any atom is 0.276 e. The summed E-state index contributed by atoms with van der Waals surface area (Å²) in [5.74, 6) is 1.27. The van der Waals surface area contributed by atoms with Crippen molar-refractivity contribution in [3.05, 3.63) is 42.1 Å². The smallest absolute Gasteiger partial charge is 0.276 e. The number of imidazole rings is 1. The van der Waals surface area contributed by atoms with Gasteiger partial charge in [-0.25, -0.2) is 15.0 Å². The van der Waals surface area contributed by atoms with E-state index >= 15 is 0 Å². The molecule has 1 aliphatic rings. The van der Waals surface area contributed by atoms with Gasteiger partial charge in [-0.2, -0.15) is 5.10 Å². The van der Waals surface area contributed by atoms with Crippen LogP contribution in [0, 0.1) is 0 Å². The lowest BCUT2D eigenvalue weighted by molar-refractivity contribution is -0.0268. The number of aromatic nitrogens is 6. The largest absolute Gasteiger partial charge is 0.366 e. The van der Waals surface area contributed by atoms with Gasteiger partial charge in [0.2, 0.25) is 0 Å². The van der Waals surface area contributed by atoms with Gasteiger partial charge in [0.15, 0.2) is 17.2 Å². The molecule has 1 aliphatic heterocycles. The van der Waals surface area contributed by atoms with Crippen molar-refractivity contribution in [2.24, 2.45) is 0 Å². The Bertz CT molecular complexity index is 887. The number of nitrogens with one attached hydrogen (secondary N) is 1. The summed E-state index contributed by atoms with van der Waals surface area (Å²) in [6.07, 6.45) is 8.31. The van der Waals surface area contributed by atoms with Gasteiger partial charge < -0.3 is 14.0 Å². The first-order chi connectivity index (χ1) is 12.3. The third kappa shape index (κ3) is 2.98. The standard InChI is InChI=1S/C16H19N7O2/c1-2-3-12-19-14(21-20-12)11-10-23(8-9-25-11)16(24)13-15-18-5-7-22(15)6-4-17-13/h4-7,11H,2-3,8-10H2,1H3,(H,19,20,21). The Morgan fingerprint density at radius 1 is 1.36 bits per heavy atom. The maximum atomic E-state index is 12.9. The fourth-order valence-corrected chi connectivity index (χ4v) is 2.95. The Kier molecular flexibility index (Phi) is 4.14. The molecular weight excluding hydrogens is 322 g/mol. The molecule has 25 heavy (non-hydrogen) atoms. The van der Waals surface area contributed by atoms with Crippen LogP contribution < -0.4 is 0 Å². The summed E-state index contributed by atoms with van der Waals surface area (Å²) >= 11 is 0. The number of ether oxygens (including phenoxy) is 1. The maximum absolute atomic E-state index is 12.9. The number of morpholine rings is 1. The highest BCUT2D eigenvalue weighted by Crippen LogP contribution is 2.21. The zero-order valence-electron chi connectivity index (χ0n) is 13.9. The molecule has 0 aliphatic carbocycles. The van der Waals surface area contributed by atoms with E-state index in [0.29, 0.717) is 36.9 Å². The topological polar surface area (TPSA) is 101 Å². The molecule has 130 valence electrons. The number of fused-ring (bicyclic) bond motifs is 1. The van der Waals surface area contributed by atoms with E-state index in [4.69, 9.17) is 4.74 Å². The van der Waals surface area contributed by atoms with Crippen LogP contribution in [-0.4, -0.2) is 60.1 Å². The predicted octanol–water partition coefficient (Wildman–Crippen LogP) is 1.01. The number of H-pyrrole nitrogens is 1. The monoisotopic (exact) mass is 341 g/mol. The normalized spacial score (nSPS) is 18.0. The molecule has 0 spiro atoms. The molecule has 1 unspecified atom stereocenters. The number of hydrogen-bond donors (Lipinski definition) is 1. The van der Waals surface area contributed by atoms with Crippen molar-refractivity contribution in [3.8, 4) is 0 Å². The molecular formula is C16H19N7O2. The van der Waals surface area contributed by atoms with Crippen molar-refractivity contribution >= 4 is 11.6 Å². The number of hydrogen-bond acceptors (Lipinski definition) is 6. The van der Waals surface area contributed by atoms with Crippen LogP contribution in [0.2, 0.25) is 0 Å². The minimum Gasteiger partial charge on any atom is -0.366 e. The van der Waals surface area contributed by atoms with Gasteiger partial charge >= 0.3 is 0 Å². The van der Waals surface area contributed by atoms with Gasteiger partial charge in [-0.1, -0.05) is 6.92 Å². The van der Waals surface area contributed by atoms with E-state index < -0.39 is 0 Å². The Morgan fingerprint density at radius 3 is 3.04 bits per heavy atom. The minimum absolute atomic E-state index is 0.158. The zero-order valence-corrected chi connectivity index (χ0v) is 13.9. The Balaban J connectivity index is 1.54. The highest BCUT2D eigenvalue weighted by Gasteiger charge is 2.30. The summed E-state index contributed by atoms with van der Waals surface area (Å²) in [7, 11) is 0. The number of carbonyl (C=O) groups is 1. The van der Waals surface area contributed by atoms with E-state index in [1.54, 1.807) is 34.1 Å². The first-order valence-corrected chi connectivity index (χ1v) is 8.36. The van der Waals surface area contributed by atoms with Crippen LogP contribution in [0.3, 0.4) is 0 Å². The van der Waals surface area contributed by atoms with Crippen LogP contribution in [-0.2, 0) is 11.2 Å². The lowest BCUT2D eigenvalue weighted by atomic mass is 10.2. The molecule has 9 nitrogen and oxygen atoms in total. The summed E-state index contributed by atoms with van der Waals surface area (Å²) < 4.78 is 7.55. The van der Waals surface area contributed by atoms with Gasteiger partial charge in [0.25, 0.3) is 5.91 Å². The summed E-state index contributed by atoms with van der Waals surface area (Å²) in [4.78, 5) is 27.6. The number of aromatic amines is 1. The summed E-state index contributed by atoms with van der Waals surface area (Å²) in [5, 5.41) is 7.17. The van der Waals surface area contributed by atoms with Crippen molar-refractivity contribution in [1.29, 1.82) is 0 Å². The lowest BCUT2D eigenvalue weighted by Gasteiger charge is -2.31. The van der Waals surface area contributed by atoms with Crippen LogP contribution in [0.15, 0.2) is 24.8 Å². The van der Waals surface area contributed by atoms with Crippen molar-refractivity contribution in [1.82, 2.24) is 34.4 Å². The van der Waals surface area contributed by atoms with Crippen molar-refractivity contribution in [2.45, 2.75) is 25.9 Å². The first-order valence-electron chi connectivity index (χ1n) is 8.36. The molecule has 1 N–H and O–H groups in total. The molecule has 0 radical (unpaired) electrons. The molecule has 4 rings (SSSR count). The molecule has 9 heteroatoms. The fraction of sp³-hybridized carbons (Fsp3) is 0.438. The minimum atomic E-state index is -0.334. The average Bonchev–Trinajstić information content (AvgIpc) is 3.30. The summed E-state index contributed by atoms with van der Waals surface area (Å²) in [6.45, 7) is 3.42. The predicted molar refractivity (Wildman–Crippen MR) is 88.0 cm³/mol. The van der Waals surface area contributed by atoms with Gasteiger partial charge in [-0.05, 0) is 6.42 Å². The van der Waals surface area contributed by atoms with Crippen LogP contribution >= 0.6 is 0 Å². The second kappa shape index (κ2) is 6.60. The second-order valence-electron chi connectivity index (χ2n) is 5.93. The van der Waals surface area contributed by atoms with E-state index in [9.17, 15) is 4.79 Å². The number of rotatable bonds is 4. The molecule has 3 aromatic heterocycles. The van der Waals surface area contributed by atoms with Crippen LogP contribution in [0.4, 0.5) is 0 Å². The molecule has 0 saturated carbocycles. The summed E-state index contributed by atoms with van der Waals surface area (Å²) in [6, 6.07) is 0. The molecule has 1 saturated heterocycles. The highest BCUT2D eigenvalue weighted by atomic mass is 16.5. The quantitative estimate of drug-likeness (QED) is 0.760. The van der Waals surface area contributed by atoms with E-state index in [0.717, 1.165) is 18.7 Å². The van der Waals surface area contributed by atoms with Gasteiger partial charge in [0.05, 0.1) is 13.2 Å². The van der Waals surface area contributed by atoms with Crippen molar-refractivity contribution < 1.29 is 9.53 Å². The Morgan fingerprint density at radius 2 is 2.20 bits per heavy atom. The Hall–Kier alpha value is -2.81. The van der Waals surface area contributed by atoms with Gasteiger partial charge in [0.1, 0.15) is 11.9 Å². The molecule has 4 heterocycles. The van der Waals surface area contributed by atoms with Gasteiger partial charge in [-0.15, -0.1) is 0 Å². The molecule has 3 aromatic rings. The van der Waals surface area contributed by atoms with E-state index in [1.807, 2.05) is 0 Å². The average molecular weight is 341 g/mol. The van der Waals surface area contributed by atoms with E-state index in [-0.39, 0.29) is 12.0 Å². The molecule has 1 fully saturated rings. The van der Waals surface area contributed by atoms with Crippen LogP contribution in [0.25, 0.3) is 5.65 Å². The van der Waals surface area contributed by atoms with Crippen LogP contribution in [0.5, 0.6) is 0 Å². The number of carbonyl (C=O) groups excluding carboxylic acids is 1. The third-order valence-corrected chi connectivity index (χ3v) is 4.19. The van der Waals surface area contributed by atoms with Gasteiger partial charge in [-0.3, -0.25) is 9.89 Å². The summed E-state index contributed by atoms with van der Waals surface area (Å²) in [5.41, 5.74) is 0.897. The van der Waals surface area contributed by atoms with E-state index in [2.05, 4.69) is 32.1 Å². The third-order valence-electron chi connectivity index (χ3n) is 4.19. The van der Waals surface area contributed by atoms with E-state index in [1.165, 1.54) is 0 Å². The SMILES string of the molecule is CCCc1nc(C2CN(C(=O)c3nccn4ccnc34)CCO2)n[nH]1. The second-order valence-corrected chi connectivity index (χ2v) is 5.93. The van der Waals surface area contributed by atoms with Crippen LogP contribution in [0.1, 0.15) is 41.6 Å². The molecule has 0 bridgehead atoms. The first kappa shape index (κ1) is 15.7. The van der Waals surface area contributed by atoms with Crippen molar-refractivity contribution in [3.63, 3.8) is 0 Å². The lowest BCUT2D eigenvalue weighted by Crippen LogP contribution is -2.43. The molecule has 1 atom stereocenters. The highest BCUT2D eigenvalue weighted by molar-refractivity contribution is 5.97.